The number of aromatic amines is 1. The number of aromatic nitrogens is 2. The molecule has 1 fully saturated rings. The Morgan fingerprint density at radius 3 is 3.00 bits per heavy atom. The average molecular weight is 290 g/mol. The van der Waals surface area contributed by atoms with E-state index in [1.807, 2.05) is 0 Å². The molecule has 0 spiro atoms. The number of β-amino-alcohol motifs (C(OH)–C–C–N with tert-alkyl or cyclic N) is 1. The highest BCUT2D eigenvalue weighted by atomic mass is 16.6. The summed E-state index contributed by atoms with van der Waals surface area (Å²) >= 11 is 0. The van der Waals surface area contributed by atoms with Crippen LogP contribution < -0.4 is 10.5 Å². The number of aliphatic hydroxyl groups excluding tert-OH is 1. The highest BCUT2D eigenvalue weighted by molar-refractivity contribution is 5.87. The molecule has 0 bridgehead atoms. The van der Waals surface area contributed by atoms with E-state index < -0.39 is 16.6 Å². The lowest BCUT2D eigenvalue weighted by Gasteiger charge is -2.31. The molecule has 0 radical (unpaired) electrons. The Kier molecular flexibility index (Phi) is 3.30. The standard InChI is InChI=1S/C13H14N4O4/c18-8-2-1-3-16(6-8)11-5-10-9(4-12(11)17(20)21)13(19)15-7-14-10/h4-5,7-8,18H,1-3,6H2,(H,14,15,19). The molecule has 2 heterocycles. The van der Waals surface area contributed by atoms with Crippen molar-refractivity contribution in [1.29, 1.82) is 0 Å². The topological polar surface area (TPSA) is 112 Å². The van der Waals surface area contributed by atoms with Gasteiger partial charge in [0.15, 0.2) is 0 Å². The minimum absolute atomic E-state index is 0.143. The summed E-state index contributed by atoms with van der Waals surface area (Å²) in [7, 11) is 0. The summed E-state index contributed by atoms with van der Waals surface area (Å²) in [6, 6.07) is 2.79. The van der Waals surface area contributed by atoms with E-state index in [-0.39, 0.29) is 11.1 Å². The van der Waals surface area contributed by atoms with Crippen molar-refractivity contribution in [3.8, 4) is 0 Å². The molecule has 0 aliphatic carbocycles. The van der Waals surface area contributed by atoms with E-state index in [1.54, 1.807) is 11.0 Å². The molecular formula is C13H14N4O4. The van der Waals surface area contributed by atoms with Crippen LogP contribution in [-0.4, -0.2) is 39.2 Å². The summed E-state index contributed by atoms with van der Waals surface area (Å²) < 4.78 is 0. The molecule has 8 nitrogen and oxygen atoms in total. The van der Waals surface area contributed by atoms with Crippen molar-refractivity contribution < 1.29 is 10.0 Å². The van der Waals surface area contributed by atoms with Gasteiger partial charge in [-0.2, -0.15) is 0 Å². The van der Waals surface area contributed by atoms with Crippen LogP contribution in [-0.2, 0) is 0 Å². The van der Waals surface area contributed by atoms with E-state index in [0.717, 1.165) is 6.42 Å². The van der Waals surface area contributed by atoms with E-state index in [0.29, 0.717) is 30.7 Å². The number of nitro groups is 1. The van der Waals surface area contributed by atoms with Crippen LogP contribution in [0.3, 0.4) is 0 Å². The van der Waals surface area contributed by atoms with E-state index in [4.69, 9.17) is 0 Å². The summed E-state index contributed by atoms with van der Waals surface area (Å²) in [5, 5.41) is 21.2. The van der Waals surface area contributed by atoms with Crippen LogP contribution in [0.2, 0.25) is 0 Å². The fraction of sp³-hybridized carbons (Fsp3) is 0.385. The molecule has 1 aromatic carbocycles. The quantitative estimate of drug-likeness (QED) is 0.624. The largest absolute Gasteiger partial charge is 0.391 e. The maximum Gasteiger partial charge on any atom is 0.293 e. The first kappa shape index (κ1) is 13.5. The van der Waals surface area contributed by atoms with Crippen LogP contribution in [0.1, 0.15) is 12.8 Å². The number of fused-ring (bicyclic) bond motifs is 1. The van der Waals surface area contributed by atoms with Crippen LogP contribution in [0.4, 0.5) is 11.4 Å². The van der Waals surface area contributed by atoms with Gasteiger partial charge < -0.3 is 15.0 Å². The summed E-state index contributed by atoms with van der Waals surface area (Å²) in [4.78, 5) is 30.7. The molecule has 2 aromatic rings. The molecule has 0 saturated carbocycles. The Morgan fingerprint density at radius 1 is 1.48 bits per heavy atom. The predicted octanol–water partition coefficient (Wildman–Crippen LogP) is 0.792. The highest BCUT2D eigenvalue weighted by Crippen LogP contribution is 2.32. The molecule has 110 valence electrons. The van der Waals surface area contributed by atoms with Gasteiger partial charge in [0.2, 0.25) is 0 Å². The number of H-pyrrole nitrogens is 1. The summed E-state index contributed by atoms with van der Waals surface area (Å²) in [5.74, 6) is 0. The monoisotopic (exact) mass is 290 g/mol. The van der Waals surface area contributed by atoms with Gasteiger partial charge in [0.05, 0.1) is 28.3 Å². The normalized spacial score (nSPS) is 18.9. The maximum atomic E-state index is 11.7. The lowest BCUT2D eigenvalue weighted by Crippen LogP contribution is -2.38. The molecule has 1 saturated heterocycles. The summed E-state index contributed by atoms with van der Waals surface area (Å²) in [5.41, 5.74) is 0.243. The van der Waals surface area contributed by atoms with Crippen molar-refractivity contribution in [2.45, 2.75) is 18.9 Å². The highest BCUT2D eigenvalue weighted by Gasteiger charge is 2.25. The Balaban J connectivity index is 2.18. The van der Waals surface area contributed by atoms with Crippen LogP contribution >= 0.6 is 0 Å². The molecule has 8 heteroatoms. The first-order valence-electron chi connectivity index (χ1n) is 6.65. The average Bonchev–Trinajstić information content (AvgIpc) is 2.46. The molecule has 1 aliphatic rings. The smallest absolute Gasteiger partial charge is 0.293 e. The van der Waals surface area contributed by atoms with Gasteiger partial charge in [-0.15, -0.1) is 0 Å². The number of nitrogens with zero attached hydrogens (tertiary/aromatic N) is 3. The number of nitrogens with one attached hydrogen (secondary N) is 1. The first-order chi connectivity index (χ1) is 10.1. The van der Waals surface area contributed by atoms with E-state index in [1.165, 1.54) is 12.4 Å². The lowest BCUT2D eigenvalue weighted by molar-refractivity contribution is -0.384. The molecule has 3 rings (SSSR count). The summed E-state index contributed by atoms with van der Waals surface area (Å²) in [6.07, 6.45) is 2.22. The summed E-state index contributed by atoms with van der Waals surface area (Å²) in [6.45, 7) is 0.974. The van der Waals surface area contributed by atoms with E-state index >= 15 is 0 Å². The third-order valence-electron chi connectivity index (χ3n) is 3.67. The Hall–Kier alpha value is -2.48. The third kappa shape index (κ3) is 2.45. The minimum Gasteiger partial charge on any atom is -0.391 e. The fourth-order valence-corrected chi connectivity index (χ4v) is 2.67. The van der Waals surface area contributed by atoms with Crippen molar-refractivity contribution >= 4 is 22.3 Å². The number of anilines is 1. The second-order valence-electron chi connectivity index (χ2n) is 5.09. The van der Waals surface area contributed by atoms with Gasteiger partial charge in [0, 0.05) is 19.2 Å². The molecule has 21 heavy (non-hydrogen) atoms. The lowest BCUT2D eigenvalue weighted by atomic mass is 10.1. The first-order valence-corrected chi connectivity index (χ1v) is 6.65. The third-order valence-corrected chi connectivity index (χ3v) is 3.67. The minimum atomic E-state index is -0.512. The van der Waals surface area contributed by atoms with Crippen molar-refractivity contribution in [2.24, 2.45) is 0 Å². The van der Waals surface area contributed by atoms with Gasteiger partial charge in [0.1, 0.15) is 5.69 Å². The second-order valence-corrected chi connectivity index (χ2v) is 5.09. The number of nitro benzene ring substituents is 1. The van der Waals surface area contributed by atoms with Gasteiger partial charge in [-0.1, -0.05) is 0 Å². The Bertz CT molecular complexity index is 757. The van der Waals surface area contributed by atoms with Gasteiger partial charge in [0.25, 0.3) is 11.2 Å². The van der Waals surface area contributed by atoms with Gasteiger partial charge >= 0.3 is 0 Å². The number of benzene rings is 1. The van der Waals surface area contributed by atoms with Gasteiger partial charge in [-0.05, 0) is 18.9 Å². The SMILES string of the molecule is O=c1[nH]cnc2cc(N3CCCC(O)C3)c([N+](=O)[O-])cc12. The van der Waals surface area contributed by atoms with Crippen molar-refractivity contribution in [3.05, 3.63) is 38.9 Å². The zero-order valence-corrected chi connectivity index (χ0v) is 11.2. The molecular weight excluding hydrogens is 276 g/mol. The fourth-order valence-electron chi connectivity index (χ4n) is 2.67. The molecule has 1 aliphatic heterocycles. The predicted molar refractivity (Wildman–Crippen MR) is 76.5 cm³/mol. The van der Waals surface area contributed by atoms with Crippen LogP contribution in [0.15, 0.2) is 23.3 Å². The molecule has 1 atom stereocenters. The number of aliphatic hydroxyl groups is 1. The number of rotatable bonds is 2. The van der Waals surface area contributed by atoms with Gasteiger partial charge in [-0.3, -0.25) is 14.9 Å². The van der Waals surface area contributed by atoms with Crippen LogP contribution in [0.5, 0.6) is 0 Å². The van der Waals surface area contributed by atoms with Crippen LogP contribution in [0, 0.1) is 10.1 Å². The zero-order valence-electron chi connectivity index (χ0n) is 11.2. The Labute approximate surface area is 119 Å². The van der Waals surface area contributed by atoms with E-state index in [9.17, 15) is 20.0 Å². The molecule has 1 aromatic heterocycles. The molecule has 0 amide bonds. The number of piperidine rings is 1. The van der Waals surface area contributed by atoms with Crippen molar-refractivity contribution in [2.75, 3.05) is 18.0 Å². The van der Waals surface area contributed by atoms with Gasteiger partial charge in [-0.25, -0.2) is 4.98 Å². The van der Waals surface area contributed by atoms with Crippen molar-refractivity contribution in [1.82, 2.24) is 9.97 Å². The second kappa shape index (κ2) is 5.13. The van der Waals surface area contributed by atoms with Crippen molar-refractivity contribution in [3.63, 3.8) is 0 Å². The molecule has 2 N–H and O–H groups in total. The number of hydrogen-bond donors (Lipinski definition) is 2. The van der Waals surface area contributed by atoms with E-state index in [2.05, 4.69) is 9.97 Å². The maximum absolute atomic E-state index is 11.7. The Morgan fingerprint density at radius 2 is 2.29 bits per heavy atom. The number of hydrogen-bond acceptors (Lipinski definition) is 6. The molecule has 1 unspecified atom stereocenters. The zero-order chi connectivity index (χ0) is 15.0. The van der Waals surface area contributed by atoms with Crippen LogP contribution in [0.25, 0.3) is 10.9 Å².